The van der Waals surface area contributed by atoms with Gasteiger partial charge in [0.25, 0.3) is 5.91 Å². The molecule has 6 nitrogen and oxygen atoms in total. The van der Waals surface area contributed by atoms with Crippen molar-refractivity contribution in [3.05, 3.63) is 51.7 Å². The summed E-state index contributed by atoms with van der Waals surface area (Å²) in [5.41, 5.74) is 3.25. The molecule has 0 radical (unpaired) electrons. The highest BCUT2D eigenvalue weighted by atomic mass is 32.1. The van der Waals surface area contributed by atoms with Crippen LogP contribution < -0.4 is 10.6 Å². The molecular weight excluding hydrogens is 348 g/mol. The van der Waals surface area contributed by atoms with Gasteiger partial charge in [0, 0.05) is 31.9 Å². The number of amides is 3. The van der Waals surface area contributed by atoms with Crippen molar-refractivity contribution in [2.45, 2.75) is 13.0 Å². The Bertz CT molecular complexity index is 757. The lowest BCUT2D eigenvalue weighted by molar-refractivity contribution is 0.0827. The van der Waals surface area contributed by atoms with Gasteiger partial charge in [-0.3, -0.25) is 4.79 Å². The van der Waals surface area contributed by atoms with E-state index in [9.17, 15) is 9.59 Å². The topological polar surface area (TPSA) is 64.7 Å². The number of benzene rings is 1. The quantitative estimate of drug-likeness (QED) is 0.816. The van der Waals surface area contributed by atoms with Crippen LogP contribution in [0.25, 0.3) is 0 Å². The molecule has 0 aliphatic rings. The Balaban J connectivity index is 2.03. The first-order chi connectivity index (χ1) is 12.3. The predicted octanol–water partition coefficient (Wildman–Crippen LogP) is 3.18. The fourth-order valence-corrected chi connectivity index (χ4v) is 3.27. The molecule has 26 heavy (non-hydrogen) atoms. The maximum absolute atomic E-state index is 12.3. The fourth-order valence-electron chi connectivity index (χ4n) is 2.57. The third-order valence-electron chi connectivity index (χ3n) is 4.15. The molecule has 1 aromatic heterocycles. The maximum atomic E-state index is 12.3. The SMILES string of the molecule is Cc1ccc(C(=O)N(C)C)cc1NC(=O)NC[C@@H](c1ccsc1)N(C)C. The molecule has 3 amide bonds. The zero-order chi connectivity index (χ0) is 19.3. The summed E-state index contributed by atoms with van der Waals surface area (Å²) in [7, 11) is 7.38. The number of hydrogen-bond acceptors (Lipinski definition) is 4. The van der Waals surface area contributed by atoms with Crippen LogP contribution >= 0.6 is 11.3 Å². The summed E-state index contributed by atoms with van der Waals surface area (Å²) in [4.78, 5) is 28.0. The van der Waals surface area contributed by atoms with Crippen LogP contribution in [0.5, 0.6) is 0 Å². The third kappa shape index (κ3) is 5.06. The standard InChI is InChI=1S/C19H26N4O2S/c1-13-6-7-14(18(24)23(4)5)10-16(13)21-19(25)20-11-17(22(2)3)15-8-9-26-12-15/h6-10,12,17H,11H2,1-5H3,(H2,20,21,25)/t17-/m0/s1. The van der Waals surface area contributed by atoms with Crippen LogP contribution in [0.15, 0.2) is 35.0 Å². The second-order valence-electron chi connectivity index (χ2n) is 6.60. The van der Waals surface area contributed by atoms with E-state index in [1.165, 1.54) is 10.5 Å². The van der Waals surface area contributed by atoms with Crippen molar-refractivity contribution in [3.63, 3.8) is 0 Å². The molecule has 140 valence electrons. The molecule has 1 heterocycles. The lowest BCUT2D eigenvalue weighted by Gasteiger charge is -2.24. The predicted molar refractivity (Wildman–Crippen MR) is 107 cm³/mol. The van der Waals surface area contributed by atoms with E-state index < -0.39 is 0 Å². The number of aryl methyl sites for hydroxylation is 1. The van der Waals surface area contributed by atoms with Crippen molar-refractivity contribution in [2.24, 2.45) is 0 Å². The number of nitrogens with zero attached hydrogens (tertiary/aromatic N) is 2. The molecule has 1 aromatic carbocycles. The van der Waals surface area contributed by atoms with Crippen LogP contribution in [0.2, 0.25) is 0 Å². The summed E-state index contributed by atoms with van der Waals surface area (Å²) in [5.74, 6) is -0.0985. The average Bonchev–Trinajstić information content (AvgIpc) is 3.10. The fraction of sp³-hybridized carbons (Fsp3) is 0.368. The third-order valence-corrected chi connectivity index (χ3v) is 4.85. The van der Waals surface area contributed by atoms with Gasteiger partial charge in [-0.1, -0.05) is 6.07 Å². The molecule has 0 fully saturated rings. The Hall–Kier alpha value is -2.38. The first-order valence-electron chi connectivity index (χ1n) is 8.35. The molecule has 0 aliphatic heterocycles. The molecule has 0 saturated carbocycles. The maximum Gasteiger partial charge on any atom is 0.319 e. The largest absolute Gasteiger partial charge is 0.345 e. The summed E-state index contributed by atoms with van der Waals surface area (Å²) in [6, 6.07) is 7.19. The van der Waals surface area contributed by atoms with Crippen molar-refractivity contribution in [1.82, 2.24) is 15.1 Å². The van der Waals surface area contributed by atoms with Crippen LogP contribution in [0.3, 0.4) is 0 Å². The highest BCUT2D eigenvalue weighted by Crippen LogP contribution is 2.21. The van der Waals surface area contributed by atoms with Crippen LogP contribution in [0.4, 0.5) is 10.5 Å². The Morgan fingerprint density at radius 2 is 1.88 bits per heavy atom. The van der Waals surface area contributed by atoms with Crippen molar-refractivity contribution in [2.75, 3.05) is 40.1 Å². The van der Waals surface area contributed by atoms with Gasteiger partial charge in [0.2, 0.25) is 0 Å². The van der Waals surface area contributed by atoms with Crippen molar-refractivity contribution < 1.29 is 9.59 Å². The van der Waals surface area contributed by atoms with Gasteiger partial charge in [-0.15, -0.1) is 0 Å². The molecule has 0 saturated heterocycles. The van der Waals surface area contributed by atoms with Gasteiger partial charge in [-0.05, 0) is 61.1 Å². The van der Waals surface area contributed by atoms with Gasteiger partial charge in [-0.25, -0.2) is 4.79 Å². The minimum absolute atomic E-state index is 0.0985. The molecule has 7 heteroatoms. The van der Waals surface area contributed by atoms with Crippen molar-refractivity contribution in [1.29, 1.82) is 0 Å². The smallest absolute Gasteiger partial charge is 0.319 e. The molecule has 2 aromatic rings. The van der Waals surface area contributed by atoms with E-state index in [4.69, 9.17) is 0 Å². The Labute approximate surface area is 158 Å². The van der Waals surface area contributed by atoms with E-state index in [2.05, 4.69) is 27.0 Å². The zero-order valence-corrected chi connectivity index (χ0v) is 16.7. The second-order valence-corrected chi connectivity index (χ2v) is 7.38. The number of urea groups is 1. The Morgan fingerprint density at radius 3 is 2.46 bits per heavy atom. The first-order valence-corrected chi connectivity index (χ1v) is 9.29. The lowest BCUT2D eigenvalue weighted by Crippen LogP contribution is -2.36. The highest BCUT2D eigenvalue weighted by molar-refractivity contribution is 7.07. The summed E-state index contributed by atoms with van der Waals surface area (Å²) in [5, 5.41) is 9.88. The normalized spacial score (nSPS) is 11.9. The molecular formula is C19H26N4O2S. The average molecular weight is 375 g/mol. The number of anilines is 1. The molecule has 0 unspecified atom stereocenters. The molecule has 2 N–H and O–H groups in total. The molecule has 0 spiro atoms. The first kappa shape index (κ1) is 19.9. The molecule has 0 aliphatic carbocycles. The van der Waals surface area contributed by atoms with Gasteiger partial charge in [0.05, 0.1) is 6.04 Å². The number of rotatable bonds is 6. The van der Waals surface area contributed by atoms with Crippen LogP contribution in [0, 0.1) is 6.92 Å². The Morgan fingerprint density at radius 1 is 1.15 bits per heavy atom. The monoisotopic (exact) mass is 374 g/mol. The van der Waals surface area contributed by atoms with E-state index in [0.29, 0.717) is 17.8 Å². The number of hydrogen-bond donors (Lipinski definition) is 2. The van der Waals surface area contributed by atoms with Gasteiger partial charge in [-0.2, -0.15) is 11.3 Å². The molecule has 1 atom stereocenters. The summed E-state index contributed by atoms with van der Waals surface area (Å²) < 4.78 is 0. The van der Waals surface area contributed by atoms with E-state index in [0.717, 1.165) is 5.56 Å². The number of nitrogens with one attached hydrogen (secondary N) is 2. The number of carbonyl (C=O) groups excluding carboxylic acids is 2. The van der Waals surface area contributed by atoms with Crippen molar-refractivity contribution >= 4 is 29.0 Å². The van der Waals surface area contributed by atoms with Gasteiger partial charge in [0.15, 0.2) is 0 Å². The van der Waals surface area contributed by atoms with Crippen LogP contribution in [-0.2, 0) is 0 Å². The minimum Gasteiger partial charge on any atom is -0.345 e. The highest BCUT2D eigenvalue weighted by Gasteiger charge is 2.16. The Kier molecular flexibility index (Phi) is 6.76. The number of likely N-dealkylation sites (N-methyl/N-ethyl adjacent to an activating group) is 1. The van der Waals surface area contributed by atoms with E-state index in [1.54, 1.807) is 37.6 Å². The summed E-state index contributed by atoms with van der Waals surface area (Å²) in [6.07, 6.45) is 0. The number of carbonyl (C=O) groups is 2. The number of thiophene rings is 1. The van der Waals surface area contributed by atoms with E-state index in [1.807, 2.05) is 32.5 Å². The van der Waals surface area contributed by atoms with Crippen molar-refractivity contribution in [3.8, 4) is 0 Å². The van der Waals surface area contributed by atoms with E-state index >= 15 is 0 Å². The van der Waals surface area contributed by atoms with Crippen LogP contribution in [0.1, 0.15) is 27.5 Å². The van der Waals surface area contributed by atoms with Gasteiger partial charge < -0.3 is 20.4 Å². The molecule has 2 rings (SSSR count). The van der Waals surface area contributed by atoms with Gasteiger partial charge >= 0.3 is 6.03 Å². The van der Waals surface area contributed by atoms with Gasteiger partial charge in [0.1, 0.15) is 0 Å². The minimum atomic E-state index is -0.287. The lowest BCUT2D eigenvalue weighted by atomic mass is 10.1. The second kappa shape index (κ2) is 8.82. The molecule has 0 bridgehead atoms. The zero-order valence-electron chi connectivity index (χ0n) is 15.9. The van der Waals surface area contributed by atoms with E-state index in [-0.39, 0.29) is 18.0 Å². The van der Waals surface area contributed by atoms with Crippen LogP contribution in [-0.4, -0.2) is 56.5 Å². The summed E-state index contributed by atoms with van der Waals surface area (Å²) >= 11 is 1.64. The summed E-state index contributed by atoms with van der Waals surface area (Å²) in [6.45, 7) is 2.39.